The van der Waals surface area contributed by atoms with Crippen LogP contribution in [-0.4, -0.2) is 29.2 Å². The molecule has 0 saturated heterocycles. The number of amides is 1. The van der Waals surface area contributed by atoms with E-state index in [0.717, 1.165) is 22.7 Å². The molecule has 4 rings (SSSR count). The number of nitrogens with zero attached hydrogens (tertiary/aromatic N) is 3. The van der Waals surface area contributed by atoms with E-state index in [4.69, 9.17) is 9.47 Å². The molecule has 2 aromatic carbocycles. The Balaban J connectivity index is 1.47. The number of anilines is 2. The third-order valence-electron chi connectivity index (χ3n) is 4.43. The molecule has 0 aliphatic carbocycles. The molecule has 0 radical (unpaired) electrons. The first kappa shape index (κ1) is 17.8. The van der Waals surface area contributed by atoms with Crippen LogP contribution in [0.4, 0.5) is 11.5 Å². The van der Waals surface area contributed by atoms with Crippen LogP contribution in [0.25, 0.3) is 0 Å². The molecule has 1 amide bonds. The second-order valence-corrected chi connectivity index (χ2v) is 6.21. The summed E-state index contributed by atoms with van der Waals surface area (Å²) in [7, 11) is 0. The highest BCUT2D eigenvalue weighted by Crippen LogP contribution is 2.32. The van der Waals surface area contributed by atoms with E-state index in [1.54, 1.807) is 11.0 Å². The summed E-state index contributed by atoms with van der Waals surface area (Å²) in [4.78, 5) is 23.0. The number of rotatable bonds is 6. The second-order valence-electron chi connectivity index (χ2n) is 6.21. The maximum absolute atomic E-state index is 12.9. The first-order chi connectivity index (χ1) is 13.7. The van der Waals surface area contributed by atoms with Crippen LogP contribution in [0.5, 0.6) is 11.5 Å². The summed E-state index contributed by atoms with van der Waals surface area (Å²) in [5.74, 6) is 1.90. The summed E-state index contributed by atoms with van der Waals surface area (Å²) < 4.78 is 10.7. The summed E-state index contributed by atoms with van der Waals surface area (Å²) in [6, 6.07) is 17.0. The van der Waals surface area contributed by atoms with E-state index in [1.165, 1.54) is 6.33 Å². The smallest absolute Gasteiger partial charge is 0.277 e. The van der Waals surface area contributed by atoms with E-state index >= 15 is 0 Å². The van der Waals surface area contributed by atoms with Crippen LogP contribution in [0.1, 0.15) is 23.0 Å². The van der Waals surface area contributed by atoms with Crippen LogP contribution in [0, 0.1) is 0 Å². The lowest BCUT2D eigenvalue weighted by atomic mass is 10.2. The molecule has 3 aromatic rings. The molecule has 0 atom stereocenters. The molecular weight excluding hydrogens is 356 g/mol. The fourth-order valence-electron chi connectivity index (χ4n) is 3.00. The van der Waals surface area contributed by atoms with Gasteiger partial charge in [0.1, 0.15) is 17.8 Å². The number of nitrogens with one attached hydrogen (secondary N) is 1. The highest BCUT2D eigenvalue weighted by molar-refractivity contribution is 6.05. The van der Waals surface area contributed by atoms with Gasteiger partial charge in [0.15, 0.2) is 11.5 Å². The Bertz CT molecular complexity index is 978. The van der Waals surface area contributed by atoms with Crippen molar-refractivity contribution < 1.29 is 14.3 Å². The summed E-state index contributed by atoms with van der Waals surface area (Å²) in [6.07, 6.45) is 1.40. The minimum atomic E-state index is -0.165. The molecule has 7 nitrogen and oxygen atoms in total. The fourth-order valence-corrected chi connectivity index (χ4v) is 3.00. The van der Waals surface area contributed by atoms with Gasteiger partial charge in [0.25, 0.3) is 5.91 Å². The van der Waals surface area contributed by atoms with Gasteiger partial charge in [0.2, 0.25) is 6.79 Å². The van der Waals surface area contributed by atoms with Gasteiger partial charge in [-0.15, -0.1) is 0 Å². The number of hydrogen-bond donors (Lipinski definition) is 1. The van der Waals surface area contributed by atoms with Gasteiger partial charge in [-0.05, 0) is 36.8 Å². The number of ether oxygens (including phenoxy) is 2. The number of para-hydroxylation sites is 1. The Morgan fingerprint density at radius 2 is 1.89 bits per heavy atom. The van der Waals surface area contributed by atoms with Crippen LogP contribution < -0.4 is 19.7 Å². The standard InChI is InChI=1S/C21H20N4O3/c1-2-25(16-6-4-3-5-7-16)21(26)17-11-20(24-13-23-17)22-12-15-8-9-18-19(10-15)28-14-27-18/h3-11,13H,2,12,14H2,1H3,(H,22,23,24). The van der Waals surface area contributed by atoms with E-state index < -0.39 is 0 Å². The van der Waals surface area contributed by atoms with Crippen molar-refractivity contribution in [2.24, 2.45) is 0 Å². The van der Waals surface area contributed by atoms with Crippen LogP contribution in [0.15, 0.2) is 60.9 Å². The van der Waals surface area contributed by atoms with Crippen molar-refractivity contribution in [3.8, 4) is 11.5 Å². The molecule has 1 aromatic heterocycles. The Labute approximate surface area is 163 Å². The van der Waals surface area contributed by atoms with E-state index in [2.05, 4.69) is 15.3 Å². The Hall–Kier alpha value is -3.61. The molecule has 0 saturated carbocycles. The van der Waals surface area contributed by atoms with Crippen molar-refractivity contribution in [1.29, 1.82) is 0 Å². The fraction of sp³-hybridized carbons (Fsp3) is 0.190. The topological polar surface area (TPSA) is 76.6 Å². The molecule has 0 spiro atoms. The lowest BCUT2D eigenvalue weighted by Crippen LogP contribution is -2.31. The zero-order valence-corrected chi connectivity index (χ0v) is 15.5. The van der Waals surface area contributed by atoms with Crippen molar-refractivity contribution in [3.63, 3.8) is 0 Å². The monoisotopic (exact) mass is 376 g/mol. The molecule has 0 bridgehead atoms. The second kappa shape index (κ2) is 7.96. The average Bonchev–Trinajstić information content (AvgIpc) is 3.21. The lowest BCUT2D eigenvalue weighted by Gasteiger charge is -2.20. The van der Waals surface area contributed by atoms with Gasteiger partial charge >= 0.3 is 0 Å². The zero-order chi connectivity index (χ0) is 19.3. The van der Waals surface area contributed by atoms with Crippen LogP contribution in [-0.2, 0) is 6.54 Å². The van der Waals surface area contributed by atoms with E-state index in [9.17, 15) is 4.79 Å². The van der Waals surface area contributed by atoms with Crippen LogP contribution >= 0.6 is 0 Å². The van der Waals surface area contributed by atoms with Gasteiger partial charge in [-0.1, -0.05) is 24.3 Å². The van der Waals surface area contributed by atoms with Gasteiger partial charge < -0.3 is 19.7 Å². The number of fused-ring (bicyclic) bond motifs is 1. The Morgan fingerprint density at radius 1 is 1.07 bits per heavy atom. The van der Waals surface area contributed by atoms with Crippen molar-refractivity contribution in [3.05, 3.63) is 72.2 Å². The molecule has 1 aliphatic rings. The van der Waals surface area contributed by atoms with Crippen molar-refractivity contribution in [1.82, 2.24) is 9.97 Å². The van der Waals surface area contributed by atoms with Gasteiger partial charge in [-0.3, -0.25) is 4.79 Å². The third-order valence-corrected chi connectivity index (χ3v) is 4.43. The molecule has 0 unspecified atom stereocenters. The molecule has 7 heteroatoms. The predicted octanol–water partition coefficient (Wildman–Crippen LogP) is 3.48. The molecule has 1 N–H and O–H groups in total. The predicted molar refractivity (Wildman–Crippen MR) is 106 cm³/mol. The summed E-state index contributed by atoms with van der Waals surface area (Å²) in [6.45, 7) is 3.27. The Kier molecular flexibility index (Phi) is 5.05. The van der Waals surface area contributed by atoms with Gasteiger partial charge in [-0.2, -0.15) is 0 Å². The molecule has 142 valence electrons. The van der Waals surface area contributed by atoms with E-state index in [0.29, 0.717) is 24.6 Å². The number of hydrogen-bond acceptors (Lipinski definition) is 6. The maximum Gasteiger partial charge on any atom is 0.277 e. The SMILES string of the molecule is CCN(C(=O)c1cc(NCc2ccc3c(c2)OCO3)ncn1)c1ccccc1. The zero-order valence-electron chi connectivity index (χ0n) is 15.5. The summed E-state index contributed by atoms with van der Waals surface area (Å²) >= 11 is 0. The largest absolute Gasteiger partial charge is 0.454 e. The summed E-state index contributed by atoms with van der Waals surface area (Å²) in [5.41, 5.74) is 2.20. The summed E-state index contributed by atoms with van der Waals surface area (Å²) in [5, 5.41) is 3.23. The van der Waals surface area contributed by atoms with E-state index in [-0.39, 0.29) is 12.7 Å². The van der Waals surface area contributed by atoms with Gasteiger partial charge in [0.05, 0.1) is 0 Å². The van der Waals surface area contributed by atoms with Gasteiger partial charge in [0, 0.05) is 24.8 Å². The quantitative estimate of drug-likeness (QED) is 0.710. The molecule has 2 heterocycles. The minimum absolute atomic E-state index is 0.165. The normalized spacial score (nSPS) is 11.9. The Morgan fingerprint density at radius 3 is 2.71 bits per heavy atom. The molecule has 1 aliphatic heterocycles. The third kappa shape index (κ3) is 3.73. The maximum atomic E-state index is 12.9. The average molecular weight is 376 g/mol. The minimum Gasteiger partial charge on any atom is -0.454 e. The van der Waals surface area contributed by atoms with Crippen molar-refractivity contribution >= 4 is 17.4 Å². The number of carbonyl (C=O) groups excluding carboxylic acids is 1. The van der Waals surface area contributed by atoms with Crippen LogP contribution in [0.2, 0.25) is 0 Å². The van der Waals surface area contributed by atoms with Gasteiger partial charge in [-0.25, -0.2) is 9.97 Å². The van der Waals surface area contributed by atoms with E-state index in [1.807, 2.05) is 55.5 Å². The molecule has 28 heavy (non-hydrogen) atoms. The van der Waals surface area contributed by atoms with Crippen molar-refractivity contribution in [2.45, 2.75) is 13.5 Å². The first-order valence-corrected chi connectivity index (χ1v) is 9.06. The number of benzene rings is 2. The van der Waals surface area contributed by atoms with Crippen LogP contribution in [0.3, 0.4) is 0 Å². The highest BCUT2D eigenvalue weighted by Gasteiger charge is 2.18. The number of aromatic nitrogens is 2. The number of carbonyl (C=O) groups is 1. The highest BCUT2D eigenvalue weighted by atomic mass is 16.7. The lowest BCUT2D eigenvalue weighted by molar-refractivity contribution is 0.0983. The molecule has 0 fully saturated rings. The first-order valence-electron chi connectivity index (χ1n) is 9.06. The van der Waals surface area contributed by atoms with Crippen molar-refractivity contribution in [2.75, 3.05) is 23.6 Å². The molecular formula is C21H20N4O3.